The molecule has 148 valence electrons. The fraction of sp³-hybridized carbons (Fsp3) is 0.217. The first-order chi connectivity index (χ1) is 14.0. The zero-order chi connectivity index (χ0) is 20.4. The summed E-state index contributed by atoms with van der Waals surface area (Å²) in [5.74, 6) is -0.139. The van der Waals surface area contributed by atoms with Crippen LogP contribution in [-0.4, -0.2) is 17.9 Å². The van der Waals surface area contributed by atoms with Gasteiger partial charge in [-0.25, -0.2) is 0 Å². The topological polar surface area (TPSA) is 67.4 Å². The Kier molecular flexibility index (Phi) is 5.41. The average Bonchev–Trinajstić information content (AvgIpc) is 3.52. The van der Waals surface area contributed by atoms with Crippen molar-refractivity contribution in [2.45, 2.75) is 25.4 Å². The molecule has 1 saturated carbocycles. The second-order valence-corrected chi connectivity index (χ2v) is 7.62. The monoisotopic (exact) mass is 408 g/mol. The van der Waals surface area contributed by atoms with Gasteiger partial charge in [0, 0.05) is 10.9 Å². The van der Waals surface area contributed by atoms with Gasteiger partial charge in [-0.05, 0) is 53.8 Å². The highest BCUT2D eigenvalue weighted by molar-refractivity contribution is 6.31. The van der Waals surface area contributed by atoms with E-state index in [1.807, 2.05) is 66.7 Å². The number of carbonyl (C=O) groups excluding carboxylic acids is 2. The molecule has 0 radical (unpaired) electrons. The molecule has 3 unspecified atom stereocenters. The first-order valence-corrected chi connectivity index (χ1v) is 9.90. The lowest BCUT2D eigenvalue weighted by molar-refractivity contribution is -0.133. The number of amides is 2. The van der Waals surface area contributed by atoms with Gasteiger partial charge >= 0.3 is 0 Å². The molecule has 0 spiro atoms. The van der Waals surface area contributed by atoms with Crippen molar-refractivity contribution in [1.82, 2.24) is 10.9 Å². The van der Waals surface area contributed by atoms with Gasteiger partial charge in [-0.3, -0.25) is 20.4 Å². The standard InChI is InChI=1S/C23H21ClN2O3/c1-14(29-17-11-10-15-6-2-3-7-16(15)12-17)22(27)25-26-23(28)20-13-19(20)18-8-4-5-9-21(18)24/h2-12,14,19-20H,13H2,1H3,(H,25,27)(H,26,28). The molecular weight excluding hydrogens is 388 g/mol. The molecule has 0 bridgehead atoms. The molecule has 5 nitrogen and oxygen atoms in total. The second-order valence-electron chi connectivity index (χ2n) is 7.22. The van der Waals surface area contributed by atoms with Crippen molar-refractivity contribution in [3.05, 3.63) is 77.3 Å². The van der Waals surface area contributed by atoms with Crippen LogP contribution in [0.15, 0.2) is 66.7 Å². The Morgan fingerprint density at radius 2 is 1.72 bits per heavy atom. The molecule has 2 amide bonds. The van der Waals surface area contributed by atoms with Crippen LogP contribution in [0.1, 0.15) is 24.8 Å². The lowest BCUT2D eigenvalue weighted by atomic mass is 10.1. The summed E-state index contributed by atoms with van der Waals surface area (Å²) in [6.45, 7) is 1.64. The molecule has 2 N–H and O–H groups in total. The number of halogens is 1. The minimum Gasteiger partial charge on any atom is -0.481 e. The van der Waals surface area contributed by atoms with Crippen LogP contribution in [0, 0.1) is 5.92 Å². The van der Waals surface area contributed by atoms with Crippen molar-refractivity contribution in [2.75, 3.05) is 0 Å². The van der Waals surface area contributed by atoms with Crippen molar-refractivity contribution in [3.63, 3.8) is 0 Å². The van der Waals surface area contributed by atoms with Crippen molar-refractivity contribution in [3.8, 4) is 5.75 Å². The molecule has 29 heavy (non-hydrogen) atoms. The van der Waals surface area contributed by atoms with E-state index in [9.17, 15) is 9.59 Å². The lowest BCUT2D eigenvalue weighted by Crippen LogP contribution is -2.47. The molecule has 0 heterocycles. The van der Waals surface area contributed by atoms with Crippen molar-refractivity contribution in [2.24, 2.45) is 5.92 Å². The number of nitrogens with one attached hydrogen (secondary N) is 2. The normalized spacial score (nSPS) is 18.7. The summed E-state index contributed by atoms with van der Waals surface area (Å²) in [5.41, 5.74) is 5.92. The van der Waals surface area contributed by atoms with Crippen LogP contribution in [0.5, 0.6) is 5.75 Å². The van der Waals surface area contributed by atoms with Gasteiger partial charge in [0.05, 0.1) is 0 Å². The van der Waals surface area contributed by atoms with Crippen LogP contribution < -0.4 is 15.6 Å². The molecule has 0 aliphatic heterocycles. The Labute approximate surface area is 174 Å². The third kappa shape index (κ3) is 4.35. The summed E-state index contributed by atoms with van der Waals surface area (Å²) in [7, 11) is 0. The molecule has 4 rings (SSSR count). The Balaban J connectivity index is 1.29. The fourth-order valence-electron chi connectivity index (χ4n) is 3.42. The first-order valence-electron chi connectivity index (χ1n) is 9.52. The summed E-state index contributed by atoms with van der Waals surface area (Å²) < 4.78 is 5.72. The molecule has 6 heteroatoms. The van der Waals surface area contributed by atoms with E-state index < -0.39 is 12.0 Å². The average molecular weight is 409 g/mol. The molecule has 1 aliphatic carbocycles. The minimum absolute atomic E-state index is 0.0897. The highest BCUT2D eigenvalue weighted by atomic mass is 35.5. The van der Waals surface area contributed by atoms with Gasteiger partial charge in [-0.2, -0.15) is 0 Å². The van der Waals surface area contributed by atoms with Crippen LogP contribution in [-0.2, 0) is 9.59 Å². The van der Waals surface area contributed by atoms with E-state index in [2.05, 4.69) is 10.9 Å². The fourth-order valence-corrected chi connectivity index (χ4v) is 3.70. The third-order valence-electron chi connectivity index (χ3n) is 5.14. The van der Waals surface area contributed by atoms with Crippen molar-refractivity contribution < 1.29 is 14.3 Å². The van der Waals surface area contributed by atoms with Gasteiger partial charge in [0.25, 0.3) is 5.91 Å². The third-order valence-corrected chi connectivity index (χ3v) is 5.49. The molecule has 0 aromatic heterocycles. The number of hydrogen-bond acceptors (Lipinski definition) is 3. The number of hydrazine groups is 1. The van der Waals surface area contributed by atoms with Crippen molar-refractivity contribution >= 4 is 34.2 Å². The summed E-state index contributed by atoms with van der Waals surface area (Å²) >= 11 is 6.19. The Bertz CT molecular complexity index is 1070. The number of fused-ring (bicyclic) bond motifs is 1. The summed E-state index contributed by atoms with van der Waals surface area (Å²) in [6.07, 6.45) is -0.0378. The van der Waals surface area contributed by atoms with Gasteiger partial charge in [0.15, 0.2) is 6.10 Å². The van der Waals surface area contributed by atoms with E-state index >= 15 is 0 Å². The van der Waals surface area contributed by atoms with E-state index in [4.69, 9.17) is 16.3 Å². The lowest BCUT2D eigenvalue weighted by Gasteiger charge is -2.15. The number of ether oxygens (including phenoxy) is 1. The van der Waals surface area contributed by atoms with Gasteiger partial charge in [0.1, 0.15) is 5.75 Å². The molecule has 1 fully saturated rings. The molecule has 3 atom stereocenters. The Morgan fingerprint density at radius 3 is 2.52 bits per heavy atom. The van der Waals surface area contributed by atoms with Crippen LogP contribution >= 0.6 is 11.6 Å². The Morgan fingerprint density at radius 1 is 1.00 bits per heavy atom. The number of carbonyl (C=O) groups is 2. The maximum atomic E-state index is 12.3. The van der Waals surface area contributed by atoms with Crippen molar-refractivity contribution in [1.29, 1.82) is 0 Å². The molecular formula is C23H21ClN2O3. The van der Waals surface area contributed by atoms with E-state index in [1.165, 1.54) is 0 Å². The van der Waals surface area contributed by atoms with E-state index in [0.717, 1.165) is 16.3 Å². The predicted molar refractivity (Wildman–Crippen MR) is 113 cm³/mol. The summed E-state index contributed by atoms with van der Waals surface area (Å²) in [4.78, 5) is 24.6. The van der Waals surface area contributed by atoms with Gasteiger partial charge < -0.3 is 4.74 Å². The van der Waals surface area contributed by atoms with E-state index in [-0.39, 0.29) is 17.7 Å². The quantitative estimate of drug-likeness (QED) is 0.621. The molecule has 3 aromatic carbocycles. The first kappa shape index (κ1) is 19.3. The van der Waals surface area contributed by atoms with Crippen LogP contribution in [0.4, 0.5) is 0 Å². The highest BCUT2D eigenvalue weighted by Gasteiger charge is 2.45. The number of rotatable bonds is 5. The maximum Gasteiger partial charge on any atom is 0.279 e. The van der Waals surface area contributed by atoms with Crippen LogP contribution in [0.25, 0.3) is 10.8 Å². The van der Waals surface area contributed by atoms with Gasteiger partial charge in [-0.1, -0.05) is 60.1 Å². The number of hydrogen-bond donors (Lipinski definition) is 2. The summed E-state index contributed by atoms with van der Waals surface area (Å²) in [6, 6.07) is 21.1. The van der Waals surface area contributed by atoms with E-state index in [0.29, 0.717) is 17.2 Å². The summed E-state index contributed by atoms with van der Waals surface area (Å²) in [5, 5.41) is 2.79. The number of benzene rings is 3. The molecule has 3 aromatic rings. The highest BCUT2D eigenvalue weighted by Crippen LogP contribution is 2.49. The van der Waals surface area contributed by atoms with Crippen LogP contribution in [0.3, 0.4) is 0 Å². The molecule has 0 saturated heterocycles. The zero-order valence-corrected chi connectivity index (χ0v) is 16.6. The zero-order valence-electron chi connectivity index (χ0n) is 15.9. The predicted octanol–water partition coefficient (Wildman–Crippen LogP) is 4.21. The van der Waals surface area contributed by atoms with E-state index in [1.54, 1.807) is 6.92 Å². The second kappa shape index (κ2) is 8.13. The molecule has 1 aliphatic rings. The largest absolute Gasteiger partial charge is 0.481 e. The minimum atomic E-state index is -0.755. The SMILES string of the molecule is CC(Oc1ccc2ccccc2c1)C(=O)NNC(=O)C1CC1c1ccccc1Cl. The Hall–Kier alpha value is -3.05. The smallest absolute Gasteiger partial charge is 0.279 e. The van der Waals surface area contributed by atoms with Crippen LogP contribution in [0.2, 0.25) is 5.02 Å². The van der Waals surface area contributed by atoms with Gasteiger partial charge in [-0.15, -0.1) is 0 Å². The van der Waals surface area contributed by atoms with Gasteiger partial charge in [0.2, 0.25) is 5.91 Å². The maximum absolute atomic E-state index is 12.3.